The minimum absolute atomic E-state index is 0.355. The molecule has 0 aromatic heterocycles. The molecule has 0 spiro atoms. The highest BCUT2D eigenvalue weighted by molar-refractivity contribution is 5.85. The molecule has 2 amide bonds. The molecule has 86 valence electrons. The van der Waals surface area contributed by atoms with E-state index in [9.17, 15) is 9.59 Å². The Bertz CT molecular complexity index is 259. The van der Waals surface area contributed by atoms with E-state index in [0.717, 1.165) is 0 Å². The van der Waals surface area contributed by atoms with Gasteiger partial charge in [-0.1, -0.05) is 0 Å². The Morgan fingerprint density at radius 3 is 2.80 bits per heavy atom. The molecule has 0 aromatic carbocycles. The molecule has 1 heterocycles. The maximum Gasteiger partial charge on any atom is 0.408 e. The van der Waals surface area contributed by atoms with Gasteiger partial charge in [0.05, 0.1) is 6.61 Å². The summed E-state index contributed by atoms with van der Waals surface area (Å²) in [5, 5.41) is 2.47. The Hall–Kier alpha value is -1.30. The summed E-state index contributed by atoms with van der Waals surface area (Å²) >= 11 is 0. The van der Waals surface area contributed by atoms with Crippen LogP contribution in [0.3, 0.4) is 0 Å². The highest BCUT2D eigenvalue weighted by Crippen LogP contribution is 2.07. The molecular formula is C9H16N2O4. The fraction of sp³-hybridized carbons (Fsp3) is 0.778. The number of rotatable bonds is 1. The Morgan fingerprint density at radius 2 is 2.27 bits per heavy atom. The van der Waals surface area contributed by atoms with Crippen LogP contribution >= 0.6 is 0 Å². The summed E-state index contributed by atoms with van der Waals surface area (Å²) < 4.78 is 5.02. The van der Waals surface area contributed by atoms with E-state index in [0.29, 0.717) is 13.0 Å². The summed E-state index contributed by atoms with van der Waals surface area (Å²) in [6, 6.07) is -0.575. The van der Waals surface area contributed by atoms with Gasteiger partial charge in [0.15, 0.2) is 0 Å². The molecule has 0 bridgehead atoms. The van der Waals surface area contributed by atoms with Gasteiger partial charge in [0.25, 0.3) is 5.91 Å². The summed E-state index contributed by atoms with van der Waals surface area (Å²) in [5.74, 6) is -0.355. The Morgan fingerprint density at radius 1 is 1.60 bits per heavy atom. The first kappa shape index (κ1) is 11.8. The zero-order valence-corrected chi connectivity index (χ0v) is 9.12. The van der Waals surface area contributed by atoms with E-state index in [2.05, 4.69) is 10.8 Å². The molecule has 2 N–H and O–H groups in total. The predicted octanol–water partition coefficient (Wildman–Crippen LogP) is 0.331. The molecule has 0 aliphatic carbocycles. The Labute approximate surface area is 88.3 Å². The van der Waals surface area contributed by atoms with Crippen molar-refractivity contribution in [2.75, 3.05) is 6.61 Å². The van der Waals surface area contributed by atoms with E-state index in [1.807, 2.05) is 0 Å². The number of carbonyl (C=O) groups excluding carboxylic acids is 2. The summed E-state index contributed by atoms with van der Waals surface area (Å²) in [7, 11) is 0. The predicted molar refractivity (Wildman–Crippen MR) is 51.9 cm³/mol. The van der Waals surface area contributed by atoms with E-state index in [1.54, 1.807) is 20.8 Å². The molecule has 0 unspecified atom stereocenters. The third-order valence-electron chi connectivity index (χ3n) is 1.69. The lowest BCUT2D eigenvalue weighted by molar-refractivity contribution is -0.142. The zero-order valence-electron chi connectivity index (χ0n) is 9.12. The second kappa shape index (κ2) is 4.48. The third kappa shape index (κ3) is 4.16. The molecule has 0 aromatic rings. The molecule has 1 fully saturated rings. The fourth-order valence-electron chi connectivity index (χ4n) is 1.09. The number of hydroxylamine groups is 1. The molecule has 1 rings (SSSR count). The number of amides is 2. The quantitative estimate of drug-likeness (QED) is 0.662. The van der Waals surface area contributed by atoms with Crippen molar-refractivity contribution in [1.82, 2.24) is 10.8 Å². The molecule has 1 aliphatic rings. The van der Waals surface area contributed by atoms with Crippen LogP contribution in [0.2, 0.25) is 0 Å². The molecule has 0 saturated carbocycles. The van der Waals surface area contributed by atoms with Crippen molar-refractivity contribution in [2.24, 2.45) is 0 Å². The molecule has 1 saturated heterocycles. The van der Waals surface area contributed by atoms with Crippen LogP contribution in [-0.4, -0.2) is 30.3 Å². The molecular weight excluding hydrogens is 200 g/mol. The number of nitrogens with one attached hydrogen (secondary N) is 2. The standard InChI is InChI=1S/C9H16N2O4/c1-9(2,3)15-8(13)10-6-4-5-14-11-7(6)12/h6H,4-5H2,1-3H3,(H,10,13)(H,11,12)/t6-/m0/s1. The number of ether oxygens (including phenoxy) is 1. The topological polar surface area (TPSA) is 76.7 Å². The van der Waals surface area contributed by atoms with E-state index in [1.165, 1.54) is 0 Å². The lowest BCUT2D eigenvalue weighted by Gasteiger charge is -2.25. The van der Waals surface area contributed by atoms with Crippen LogP contribution < -0.4 is 10.8 Å². The van der Waals surface area contributed by atoms with Gasteiger partial charge in [-0.25, -0.2) is 10.3 Å². The number of alkyl carbamates (subject to hydrolysis) is 1. The maximum atomic E-state index is 11.3. The van der Waals surface area contributed by atoms with E-state index in [-0.39, 0.29) is 5.91 Å². The second-order valence-electron chi connectivity index (χ2n) is 4.30. The Balaban J connectivity index is 2.40. The van der Waals surface area contributed by atoms with E-state index in [4.69, 9.17) is 9.57 Å². The van der Waals surface area contributed by atoms with Crippen LogP contribution in [-0.2, 0) is 14.4 Å². The lowest BCUT2D eigenvalue weighted by atomic mass is 10.2. The van der Waals surface area contributed by atoms with Crippen LogP contribution in [0, 0.1) is 0 Å². The van der Waals surface area contributed by atoms with Crippen molar-refractivity contribution in [3.8, 4) is 0 Å². The van der Waals surface area contributed by atoms with Gasteiger partial charge in [-0.2, -0.15) is 0 Å². The largest absolute Gasteiger partial charge is 0.444 e. The monoisotopic (exact) mass is 216 g/mol. The van der Waals surface area contributed by atoms with Gasteiger partial charge in [-0.05, 0) is 20.8 Å². The van der Waals surface area contributed by atoms with Crippen molar-refractivity contribution in [1.29, 1.82) is 0 Å². The minimum atomic E-state index is -0.593. The lowest BCUT2D eigenvalue weighted by Crippen LogP contribution is -2.51. The molecule has 6 heteroatoms. The SMILES string of the molecule is CC(C)(C)OC(=O)N[C@H]1CCONC1=O. The molecule has 1 atom stereocenters. The van der Waals surface area contributed by atoms with Gasteiger partial charge in [0, 0.05) is 6.42 Å². The van der Waals surface area contributed by atoms with Crippen molar-refractivity contribution in [3.63, 3.8) is 0 Å². The van der Waals surface area contributed by atoms with Gasteiger partial charge in [-0.15, -0.1) is 0 Å². The van der Waals surface area contributed by atoms with Crippen LogP contribution in [0.4, 0.5) is 4.79 Å². The van der Waals surface area contributed by atoms with Crippen LogP contribution in [0.25, 0.3) is 0 Å². The van der Waals surface area contributed by atoms with Gasteiger partial charge >= 0.3 is 6.09 Å². The Kier molecular flexibility index (Phi) is 3.52. The van der Waals surface area contributed by atoms with Crippen molar-refractivity contribution >= 4 is 12.0 Å². The molecule has 6 nitrogen and oxygen atoms in total. The van der Waals surface area contributed by atoms with Gasteiger partial charge in [0.1, 0.15) is 11.6 Å². The van der Waals surface area contributed by atoms with Crippen LogP contribution in [0.5, 0.6) is 0 Å². The van der Waals surface area contributed by atoms with Crippen molar-refractivity contribution in [2.45, 2.75) is 38.8 Å². The molecule has 15 heavy (non-hydrogen) atoms. The minimum Gasteiger partial charge on any atom is -0.444 e. The van der Waals surface area contributed by atoms with Crippen LogP contribution in [0.1, 0.15) is 27.2 Å². The average molecular weight is 216 g/mol. The van der Waals surface area contributed by atoms with Gasteiger partial charge in [-0.3, -0.25) is 9.63 Å². The first-order chi connectivity index (χ1) is 6.88. The average Bonchev–Trinajstić information content (AvgIpc) is 2.05. The summed E-state index contributed by atoms with van der Waals surface area (Å²) in [4.78, 5) is 27.2. The van der Waals surface area contributed by atoms with E-state index < -0.39 is 17.7 Å². The van der Waals surface area contributed by atoms with Crippen molar-refractivity contribution in [3.05, 3.63) is 0 Å². The summed E-state index contributed by atoms with van der Waals surface area (Å²) in [6.07, 6.45) is -0.144. The van der Waals surface area contributed by atoms with Crippen molar-refractivity contribution < 1.29 is 19.2 Å². The first-order valence-electron chi connectivity index (χ1n) is 4.79. The highest BCUT2D eigenvalue weighted by atomic mass is 16.7. The highest BCUT2D eigenvalue weighted by Gasteiger charge is 2.26. The second-order valence-corrected chi connectivity index (χ2v) is 4.30. The smallest absolute Gasteiger partial charge is 0.408 e. The summed E-state index contributed by atoms with van der Waals surface area (Å²) in [5.41, 5.74) is 1.63. The normalized spacial score (nSPS) is 21.8. The summed E-state index contributed by atoms with van der Waals surface area (Å²) in [6.45, 7) is 5.66. The van der Waals surface area contributed by atoms with E-state index >= 15 is 0 Å². The number of carbonyl (C=O) groups is 2. The number of hydrogen-bond donors (Lipinski definition) is 2. The molecule has 0 radical (unpaired) electrons. The molecule has 1 aliphatic heterocycles. The van der Waals surface area contributed by atoms with Crippen LogP contribution in [0.15, 0.2) is 0 Å². The first-order valence-corrected chi connectivity index (χ1v) is 4.79. The number of hydrogen-bond acceptors (Lipinski definition) is 4. The van der Waals surface area contributed by atoms with Gasteiger partial charge in [0.2, 0.25) is 0 Å². The fourth-order valence-corrected chi connectivity index (χ4v) is 1.09. The zero-order chi connectivity index (χ0) is 11.5. The third-order valence-corrected chi connectivity index (χ3v) is 1.69. The maximum absolute atomic E-state index is 11.3. The van der Waals surface area contributed by atoms with Gasteiger partial charge < -0.3 is 10.1 Å².